The van der Waals surface area contributed by atoms with E-state index in [9.17, 15) is 0 Å². The van der Waals surface area contributed by atoms with Crippen LogP contribution in [-0.4, -0.2) is 0 Å². The van der Waals surface area contributed by atoms with Crippen LogP contribution in [0.5, 0.6) is 0 Å². The third kappa shape index (κ3) is 2.66. The smallest absolute Gasteiger partial charge is 0.0172 e. The van der Waals surface area contributed by atoms with E-state index < -0.39 is 0 Å². The van der Waals surface area contributed by atoms with Gasteiger partial charge in [-0.05, 0) is 134 Å². The average molecular weight is 425 g/mol. The molecule has 0 aromatic carbocycles. The summed E-state index contributed by atoms with van der Waals surface area (Å²) in [4.78, 5) is 0. The van der Waals surface area contributed by atoms with Gasteiger partial charge in [-0.2, -0.15) is 0 Å². The number of allylic oxidation sites excluding steroid dienone is 1. The van der Waals surface area contributed by atoms with Crippen LogP contribution in [0.25, 0.3) is 0 Å². The third-order valence-electron chi connectivity index (χ3n) is 14.0. The van der Waals surface area contributed by atoms with E-state index in [1.54, 1.807) is 0 Å². The maximum atomic E-state index is 4.51. The summed E-state index contributed by atoms with van der Waals surface area (Å²) < 4.78 is 0. The molecule has 0 N–H and O–H groups in total. The Morgan fingerprint density at radius 1 is 0.710 bits per heavy atom. The van der Waals surface area contributed by atoms with Crippen molar-refractivity contribution < 1.29 is 0 Å². The Labute approximate surface area is 194 Å². The Bertz CT molecular complexity index is 760. The highest BCUT2D eigenvalue weighted by atomic mass is 14.7. The highest BCUT2D eigenvalue weighted by molar-refractivity contribution is 5.20. The molecule has 5 rings (SSSR count). The van der Waals surface area contributed by atoms with E-state index in [-0.39, 0.29) is 0 Å². The van der Waals surface area contributed by atoms with E-state index in [0.29, 0.717) is 27.1 Å². The molecule has 0 heterocycles. The van der Waals surface area contributed by atoms with Crippen LogP contribution in [0.2, 0.25) is 0 Å². The SMILES string of the molecule is C=C(C)C1CC[C@]2(C)CC[C@]3(C)C(CCC4[C@@]5(C)CC[C@H](C)C(C)(C)C5CC[C@]43C)C12. The first-order chi connectivity index (χ1) is 14.3. The van der Waals surface area contributed by atoms with Gasteiger partial charge in [0.05, 0.1) is 0 Å². The first kappa shape index (κ1) is 22.5. The molecular weight excluding hydrogens is 372 g/mol. The number of rotatable bonds is 1. The van der Waals surface area contributed by atoms with Gasteiger partial charge in [0.25, 0.3) is 0 Å². The molecule has 0 nitrogen and oxygen atoms in total. The Morgan fingerprint density at radius 3 is 2.10 bits per heavy atom. The lowest BCUT2D eigenvalue weighted by Crippen LogP contribution is -2.65. The van der Waals surface area contributed by atoms with Crippen molar-refractivity contribution in [2.75, 3.05) is 0 Å². The predicted molar refractivity (Wildman–Crippen MR) is 134 cm³/mol. The van der Waals surface area contributed by atoms with Gasteiger partial charge in [0.15, 0.2) is 0 Å². The van der Waals surface area contributed by atoms with Gasteiger partial charge in [0.1, 0.15) is 0 Å². The molecule has 0 heteroatoms. The van der Waals surface area contributed by atoms with Crippen molar-refractivity contribution in [3.05, 3.63) is 12.2 Å². The van der Waals surface area contributed by atoms with Crippen LogP contribution in [0.3, 0.4) is 0 Å². The molecule has 31 heavy (non-hydrogen) atoms. The summed E-state index contributed by atoms with van der Waals surface area (Å²) in [5, 5.41) is 0. The molecule has 0 aromatic rings. The average Bonchev–Trinajstić information content (AvgIpc) is 3.04. The van der Waals surface area contributed by atoms with Crippen LogP contribution in [0, 0.1) is 62.6 Å². The zero-order valence-electron chi connectivity index (χ0n) is 22.2. The summed E-state index contributed by atoms with van der Waals surface area (Å²) >= 11 is 0. The largest absolute Gasteiger partial charge is 0.0998 e. The van der Waals surface area contributed by atoms with E-state index in [1.807, 2.05) is 0 Å². The van der Waals surface area contributed by atoms with Crippen LogP contribution in [0.1, 0.15) is 120 Å². The van der Waals surface area contributed by atoms with Gasteiger partial charge in [0, 0.05) is 0 Å². The molecule has 0 spiro atoms. The van der Waals surface area contributed by atoms with Crippen LogP contribution < -0.4 is 0 Å². The highest BCUT2D eigenvalue weighted by Crippen LogP contribution is 2.77. The van der Waals surface area contributed by atoms with Gasteiger partial charge in [0.2, 0.25) is 0 Å². The molecule has 0 aliphatic heterocycles. The van der Waals surface area contributed by atoms with E-state index in [2.05, 4.69) is 62.0 Å². The van der Waals surface area contributed by atoms with Gasteiger partial charge in [-0.25, -0.2) is 0 Å². The highest BCUT2D eigenvalue weighted by Gasteiger charge is 2.69. The van der Waals surface area contributed by atoms with Crippen molar-refractivity contribution in [2.24, 2.45) is 62.6 Å². The first-order valence-electron chi connectivity index (χ1n) is 14.0. The summed E-state index contributed by atoms with van der Waals surface area (Å²) in [6.07, 6.45) is 14.7. The zero-order chi connectivity index (χ0) is 22.6. The maximum Gasteiger partial charge on any atom is -0.0172 e. The van der Waals surface area contributed by atoms with Crippen molar-refractivity contribution in [2.45, 2.75) is 120 Å². The Hall–Kier alpha value is -0.260. The van der Waals surface area contributed by atoms with E-state index in [1.165, 1.54) is 69.8 Å². The lowest BCUT2D eigenvalue weighted by Gasteiger charge is -2.73. The van der Waals surface area contributed by atoms with Crippen LogP contribution in [-0.2, 0) is 0 Å². The molecule has 0 aromatic heterocycles. The lowest BCUT2D eigenvalue weighted by molar-refractivity contribution is -0.240. The van der Waals surface area contributed by atoms with Crippen molar-refractivity contribution in [3.63, 3.8) is 0 Å². The molecule has 176 valence electrons. The number of fused-ring (bicyclic) bond motifs is 7. The fourth-order valence-electron chi connectivity index (χ4n) is 11.7. The van der Waals surface area contributed by atoms with Crippen LogP contribution in [0.4, 0.5) is 0 Å². The molecule has 0 amide bonds. The molecule has 5 unspecified atom stereocenters. The summed E-state index contributed by atoms with van der Waals surface area (Å²) in [7, 11) is 0. The van der Waals surface area contributed by atoms with Crippen molar-refractivity contribution in [1.82, 2.24) is 0 Å². The van der Waals surface area contributed by atoms with Gasteiger partial charge in [-0.1, -0.05) is 60.6 Å². The van der Waals surface area contributed by atoms with Crippen LogP contribution >= 0.6 is 0 Å². The van der Waals surface area contributed by atoms with Crippen LogP contribution in [0.15, 0.2) is 12.2 Å². The number of hydrogen-bond donors (Lipinski definition) is 0. The third-order valence-corrected chi connectivity index (χ3v) is 14.0. The Kier molecular flexibility index (Phi) is 4.84. The molecule has 0 bridgehead atoms. The maximum absolute atomic E-state index is 4.51. The fourth-order valence-corrected chi connectivity index (χ4v) is 11.7. The summed E-state index contributed by atoms with van der Waals surface area (Å²) in [5.74, 6) is 5.34. The van der Waals surface area contributed by atoms with Gasteiger partial charge >= 0.3 is 0 Å². The molecule has 5 aliphatic carbocycles. The molecule has 5 aliphatic rings. The van der Waals surface area contributed by atoms with Gasteiger partial charge < -0.3 is 0 Å². The van der Waals surface area contributed by atoms with Crippen molar-refractivity contribution >= 4 is 0 Å². The lowest BCUT2D eigenvalue weighted by atomic mass is 9.32. The monoisotopic (exact) mass is 424 g/mol. The Balaban J connectivity index is 1.54. The second-order valence-electron chi connectivity index (χ2n) is 15.1. The standard InChI is InChI=1S/C31H52/c1-20(2)22-13-15-28(6)18-19-30(8)23(26(22)28)10-11-25-29(7)16-12-21(3)27(4,5)24(29)14-17-31(25,30)9/h21-26H,1,10-19H2,2-9H3/t21-,22?,23?,24?,25?,26?,28+,29-,30+,31+/m0/s1. The van der Waals surface area contributed by atoms with Crippen molar-refractivity contribution in [1.29, 1.82) is 0 Å². The molecule has 10 atom stereocenters. The molecule has 0 radical (unpaired) electrons. The van der Waals surface area contributed by atoms with E-state index >= 15 is 0 Å². The predicted octanol–water partition coefficient (Wildman–Crippen LogP) is 9.30. The van der Waals surface area contributed by atoms with E-state index in [4.69, 9.17) is 0 Å². The van der Waals surface area contributed by atoms with Gasteiger partial charge in [-0.15, -0.1) is 0 Å². The molecule has 5 fully saturated rings. The zero-order valence-corrected chi connectivity index (χ0v) is 22.2. The van der Waals surface area contributed by atoms with Crippen molar-refractivity contribution in [3.8, 4) is 0 Å². The molecule has 5 saturated carbocycles. The topological polar surface area (TPSA) is 0 Å². The molecule has 0 saturated heterocycles. The second kappa shape index (κ2) is 6.66. The minimum absolute atomic E-state index is 0.508. The van der Waals surface area contributed by atoms with E-state index in [0.717, 1.165) is 35.5 Å². The first-order valence-corrected chi connectivity index (χ1v) is 14.0. The quantitative estimate of drug-likeness (QED) is 0.368. The number of hydrogen-bond acceptors (Lipinski definition) is 0. The summed E-state index contributed by atoms with van der Waals surface area (Å²) in [6.45, 7) is 25.6. The summed E-state index contributed by atoms with van der Waals surface area (Å²) in [5.41, 5.74) is 4.19. The minimum atomic E-state index is 0.508. The normalized spacial score (nSPS) is 57.9. The molecular formula is C31H52. The summed E-state index contributed by atoms with van der Waals surface area (Å²) in [6, 6.07) is 0. The Morgan fingerprint density at radius 2 is 1.42 bits per heavy atom. The minimum Gasteiger partial charge on any atom is -0.0998 e. The fraction of sp³-hybridized carbons (Fsp3) is 0.935. The van der Waals surface area contributed by atoms with Gasteiger partial charge in [-0.3, -0.25) is 0 Å². The second-order valence-corrected chi connectivity index (χ2v) is 15.1.